The van der Waals surface area contributed by atoms with Gasteiger partial charge in [0.05, 0.1) is 0 Å². The van der Waals surface area contributed by atoms with E-state index in [1.165, 1.54) is 0 Å². The average molecular weight is 352 g/mol. The second kappa shape index (κ2) is 6.98. The molecular weight excluding hydrogens is 336 g/mol. The molecule has 0 aromatic rings. The van der Waals surface area contributed by atoms with Crippen molar-refractivity contribution in [3.8, 4) is 0 Å². The van der Waals surface area contributed by atoms with Crippen molar-refractivity contribution in [2.45, 2.75) is 49.2 Å². The average Bonchev–Trinajstić information content (AvgIpc) is 2.51. The first-order chi connectivity index (χ1) is 11.1. The van der Waals surface area contributed by atoms with Gasteiger partial charge in [0, 0.05) is 0 Å². The van der Waals surface area contributed by atoms with E-state index in [4.69, 9.17) is 19.7 Å². The van der Waals surface area contributed by atoms with Crippen LogP contribution in [0.15, 0.2) is 11.8 Å². The van der Waals surface area contributed by atoms with Gasteiger partial charge in [-0.15, -0.1) is 0 Å². The third kappa shape index (κ3) is 3.49. The molecule has 2 aliphatic rings. The summed E-state index contributed by atoms with van der Waals surface area (Å²) in [6.07, 6.45) is -14.3. The molecule has 136 valence electrons. The van der Waals surface area contributed by atoms with Gasteiger partial charge in [0.1, 0.15) is 30.5 Å². The standard InChI is InChI=1S/C12H16O12/c13-2-1-3(9(17)18)22-12(4(2)14)24-7-5(15)6(16)11(21)23-8(7)10(19)20/h1-2,4-8,11-16,21H,(H,17,18)(H,19,20)/t2-,4+,5+,6+,7+,8-,11?,12-/m0/s1. The van der Waals surface area contributed by atoms with Crippen molar-refractivity contribution in [2.75, 3.05) is 0 Å². The lowest BCUT2D eigenvalue weighted by molar-refractivity contribution is -0.319. The van der Waals surface area contributed by atoms with Crippen LogP contribution in [-0.4, -0.2) is 96.9 Å². The fourth-order valence-corrected chi connectivity index (χ4v) is 2.23. The highest BCUT2D eigenvalue weighted by molar-refractivity contribution is 5.84. The molecule has 1 fully saturated rings. The van der Waals surface area contributed by atoms with E-state index in [-0.39, 0.29) is 0 Å². The highest BCUT2D eigenvalue weighted by Gasteiger charge is 2.50. The Morgan fingerprint density at radius 2 is 1.62 bits per heavy atom. The van der Waals surface area contributed by atoms with E-state index in [0.29, 0.717) is 6.08 Å². The molecule has 12 heteroatoms. The van der Waals surface area contributed by atoms with Gasteiger partial charge < -0.3 is 50.0 Å². The van der Waals surface area contributed by atoms with E-state index < -0.39 is 66.9 Å². The number of aliphatic hydroxyl groups excluding tert-OH is 5. The van der Waals surface area contributed by atoms with Crippen molar-refractivity contribution in [1.82, 2.24) is 0 Å². The molecule has 0 aromatic heterocycles. The lowest BCUT2D eigenvalue weighted by Crippen LogP contribution is -2.62. The normalized spacial score (nSPS) is 42.8. The number of ether oxygens (including phenoxy) is 3. The predicted molar refractivity (Wildman–Crippen MR) is 68.0 cm³/mol. The third-order valence-corrected chi connectivity index (χ3v) is 3.50. The topological polar surface area (TPSA) is 203 Å². The lowest BCUT2D eigenvalue weighted by atomic mass is 9.98. The fraction of sp³-hybridized carbons (Fsp3) is 0.667. The van der Waals surface area contributed by atoms with Gasteiger partial charge in [-0.25, -0.2) is 9.59 Å². The Balaban J connectivity index is 2.21. The number of rotatable bonds is 4. The molecule has 8 atom stereocenters. The molecule has 2 heterocycles. The first kappa shape index (κ1) is 18.5. The lowest BCUT2D eigenvalue weighted by Gasteiger charge is -2.41. The highest BCUT2D eigenvalue weighted by Crippen LogP contribution is 2.27. The first-order valence-corrected chi connectivity index (χ1v) is 6.69. The van der Waals surface area contributed by atoms with E-state index in [1.807, 2.05) is 0 Å². The summed E-state index contributed by atoms with van der Waals surface area (Å²) >= 11 is 0. The zero-order valence-corrected chi connectivity index (χ0v) is 11.9. The van der Waals surface area contributed by atoms with Gasteiger partial charge in [0.2, 0.25) is 12.0 Å². The van der Waals surface area contributed by atoms with Crippen LogP contribution in [0.3, 0.4) is 0 Å². The minimum absolute atomic E-state index is 0.702. The van der Waals surface area contributed by atoms with Crippen molar-refractivity contribution in [1.29, 1.82) is 0 Å². The van der Waals surface area contributed by atoms with E-state index >= 15 is 0 Å². The number of hydrogen-bond donors (Lipinski definition) is 7. The van der Waals surface area contributed by atoms with Gasteiger partial charge in [-0.05, 0) is 6.08 Å². The molecule has 2 rings (SSSR count). The molecule has 1 saturated heterocycles. The number of aliphatic carboxylic acids is 2. The SMILES string of the molecule is O=C(O)C1=C[C@H](O)[C@@H](O)[C@H](O[C@@H]2[C@H](O)[C@@H](O)C(O)O[C@@H]2C(=O)O)O1. The number of carboxylic acids is 2. The molecule has 0 bridgehead atoms. The summed E-state index contributed by atoms with van der Waals surface area (Å²) in [4.78, 5) is 22.0. The van der Waals surface area contributed by atoms with Gasteiger partial charge >= 0.3 is 11.9 Å². The van der Waals surface area contributed by atoms with E-state index in [9.17, 15) is 35.1 Å². The van der Waals surface area contributed by atoms with Gasteiger partial charge in [-0.2, -0.15) is 0 Å². The summed E-state index contributed by atoms with van der Waals surface area (Å²) in [5, 5.41) is 66.0. The number of carbonyl (C=O) groups is 2. The fourth-order valence-electron chi connectivity index (χ4n) is 2.23. The molecule has 2 aliphatic heterocycles. The molecule has 1 unspecified atom stereocenters. The Labute approximate surface area is 133 Å². The molecule has 0 radical (unpaired) electrons. The van der Waals surface area contributed by atoms with Crippen LogP contribution in [-0.2, 0) is 23.8 Å². The van der Waals surface area contributed by atoms with Crippen LogP contribution in [0.1, 0.15) is 0 Å². The Bertz CT molecular complexity index is 532. The van der Waals surface area contributed by atoms with E-state index in [1.54, 1.807) is 0 Å². The van der Waals surface area contributed by atoms with E-state index in [0.717, 1.165) is 0 Å². The second-order valence-electron chi connectivity index (χ2n) is 5.17. The number of aliphatic hydroxyl groups is 5. The molecule has 24 heavy (non-hydrogen) atoms. The van der Waals surface area contributed by atoms with Crippen molar-refractivity contribution >= 4 is 11.9 Å². The zero-order valence-electron chi connectivity index (χ0n) is 11.9. The van der Waals surface area contributed by atoms with Gasteiger partial charge in [-0.3, -0.25) is 0 Å². The highest BCUT2D eigenvalue weighted by atomic mass is 16.7. The van der Waals surface area contributed by atoms with Crippen LogP contribution in [0, 0.1) is 0 Å². The summed E-state index contributed by atoms with van der Waals surface area (Å²) in [5.74, 6) is -4.01. The van der Waals surface area contributed by atoms with Gasteiger partial charge in [-0.1, -0.05) is 0 Å². The van der Waals surface area contributed by atoms with Crippen LogP contribution in [0.5, 0.6) is 0 Å². The number of carboxylic acid groups (broad SMARTS) is 2. The molecule has 7 N–H and O–H groups in total. The number of hydrogen-bond acceptors (Lipinski definition) is 10. The van der Waals surface area contributed by atoms with Crippen molar-refractivity contribution in [3.05, 3.63) is 11.8 Å². The van der Waals surface area contributed by atoms with Crippen molar-refractivity contribution in [3.63, 3.8) is 0 Å². The van der Waals surface area contributed by atoms with Crippen molar-refractivity contribution < 1.29 is 59.5 Å². The summed E-state index contributed by atoms with van der Waals surface area (Å²) in [5.41, 5.74) is 0. The Morgan fingerprint density at radius 1 is 1.00 bits per heavy atom. The summed E-state index contributed by atoms with van der Waals surface area (Å²) < 4.78 is 14.4. The molecule has 0 aromatic carbocycles. The van der Waals surface area contributed by atoms with Crippen LogP contribution in [0.2, 0.25) is 0 Å². The molecule has 0 saturated carbocycles. The van der Waals surface area contributed by atoms with Crippen LogP contribution in [0.25, 0.3) is 0 Å². The van der Waals surface area contributed by atoms with Crippen LogP contribution >= 0.6 is 0 Å². The van der Waals surface area contributed by atoms with Gasteiger partial charge in [0.25, 0.3) is 0 Å². The molecule has 12 nitrogen and oxygen atoms in total. The van der Waals surface area contributed by atoms with Crippen LogP contribution < -0.4 is 0 Å². The Hall–Kier alpha value is -1.80. The smallest absolute Gasteiger partial charge is 0.371 e. The summed E-state index contributed by atoms with van der Waals surface area (Å²) in [6.45, 7) is 0. The Kier molecular flexibility index (Phi) is 5.39. The maximum atomic E-state index is 11.2. The largest absolute Gasteiger partial charge is 0.479 e. The van der Waals surface area contributed by atoms with E-state index in [2.05, 4.69) is 4.74 Å². The zero-order chi connectivity index (χ0) is 18.2. The van der Waals surface area contributed by atoms with Gasteiger partial charge in [0.15, 0.2) is 12.4 Å². The van der Waals surface area contributed by atoms with Crippen LogP contribution in [0.4, 0.5) is 0 Å². The third-order valence-electron chi connectivity index (χ3n) is 3.50. The molecular formula is C12H16O12. The minimum Gasteiger partial charge on any atom is -0.479 e. The quantitative estimate of drug-likeness (QED) is 0.258. The first-order valence-electron chi connectivity index (χ1n) is 6.69. The predicted octanol–water partition coefficient (Wildman–Crippen LogP) is -4.06. The molecule has 0 aliphatic carbocycles. The monoisotopic (exact) mass is 352 g/mol. The Morgan fingerprint density at radius 3 is 2.17 bits per heavy atom. The summed E-state index contributed by atoms with van der Waals surface area (Å²) in [7, 11) is 0. The maximum Gasteiger partial charge on any atom is 0.371 e. The molecule has 0 spiro atoms. The second-order valence-corrected chi connectivity index (χ2v) is 5.17. The van der Waals surface area contributed by atoms with Crippen molar-refractivity contribution in [2.24, 2.45) is 0 Å². The maximum absolute atomic E-state index is 11.2. The minimum atomic E-state index is -2.00. The summed E-state index contributed by atoms with van der Waals surface area (Å²) in [6, 6.07) is 0. The molecule has 0 amide bonds.